The molecule has 2 amide bonds. The second-order valence-corrected chi connectivity index (χ2v) is 6.55. The van der Waals surface area contributed by atoms with Gasteiger partial charge in [0.2, 0.25) is 5.60 Å². The molecule has 0 spiro atoms. The Morgan fingerprint density at radius 1 is 1.37 bits per heavy atom. The van der Waals surface area contributed by atoms with E-state index in [1.807, 2.05) is 0 Å². The summed E-state index contributed by atoms with van der Waals surface area (Å²) in [6, 6.07) is 0.367. The number of rotatable bonds is 2. The molecule has 2 aliphatic rings. The first-order valence-electron chi connectivity index (χ1n) is 8.09. The van der Waals surface area contributed by atoms with Gasteiger partial charge in [0, 0.05) is 25.8 Å². The normalized spacial score (nSPS) is 25.1. The van der Waals surface area contributed by atoms with Gasteiger partial charge in [-0.15, -0.1) is 0 Å². The zero-order valence-electron chi connectivity index (χ0n) is 14.2. The third-order valence-corrected chi connectivity index (χ3v) is 4.77. The molecule has 1 aromatic rings. The number of aromatic nitrogens is 2. The van der Waals surface area contributed by atoms with Crippen molar-refractivity contribution in [2.24, 2.45) is 0 Å². The number of ether oxygens (including phenoxy) is 1. The van der Waals surface area contributed by atoms with Crippen molar-refractivity contribution in [3.63, 3.8) is 0 Å². The van der Waals surface area contributed by atoms with Crippen LogP contribution in [0.25, 0.3) is 0 Å². The van der Waals surface area contributed by atoms with Crippen LogP contribution in [0.4, 0.5) is 13.2 Å². The average Bonchev–Trinajstić information content (AvgIpc) is 3.04. The molecule has 0 bridgehead atoms. The van der Waals surface area contributed by atoms with Crippen LogP contribution in [0, 0.1) is 0 Å². The van der Waals surface area contributed by atoms with Crippen molar-refractivity contribution >= 4 is 11.8 Å². The molecule has 148 valence electrons. The topological polar surface area (TPSA) is 116 Å². The highest BCUT2D eigenvalue weighted by Crippen LogP contribution is 2.34. The fourth-order valence-corrected chi connectivity index (χ4v) is 3.19. The number of nitrogens with zero attached hydrogens (tertiary/aromatic N) is 3. The van der Waals surface area contributed by atoms with E-state index >= 15 is 0 Å². The number of nitrogens with one attached hydrogen (secondary N) is 1. The van der Waals surface area contributed by atoms with Gasteiger partial charge in [0.25, 0.3) is 17.4 Å². The first-order valence-corrected chi connectivity index (χ1v) is 8.09. The molecule has 3 rings (SSSR count). The van der Waals surface area contributed by atoms with Gasteiger partial charge in [-0.2, -0.15) is 18.3 Å². The minimum Gasteiger partial charge on any atom is -0.373 e. The fraction of sp³-hybridized carbons (Fsp3) is 0.600. The Labute approximate surface area is 150 Å². The number of alkyl halides is 3. The summed E-state index contributed by atoms with van der Waals surface area (Å²) in [6.45, 7) is 0.102. The summed E-state index contributed by atoms with van der Waals surface area (Å²) in [6.07, 6.45) is -4.63. The molecule has 3 heterocycles. The minimum absolute atomic E-state index is 0.00318. The first-order chi connectivity index (χ1) is 12.5. The number of carbonyl (C=O) groups is 2. The van der Waals surface area contributed by atoms with E-state index < -0.39 is 41.3 Å². The number of aliphatic hydroxyl groups is 1. The van der Waals surface area contributed by atoms with Crippen LogP contribution < -0.4 is 5.56 Å². The van der Waals surface area contributed by atoms with Crippen LogP contribution in [-0.4, -0.2) is 87.1 Å². The molecule has 0 aromatic carbocycles. The van der Waals surface area contributed by atoms with Gasteiger partial charge in [0.1, 0.15) is 5.56 Å². The van der Waals surface area contributed by atoms with E-state index in [2.05, 4.69) is 10.2 Å². The third-order valence-electron chi connectivity index (χ3n) is 4.77. The highest BCUT2D eigenvalue weighted by atomic mass is 19.4. The van der Waals surface area contributed by atoms with Gasteiger partial charge in [0.15, 0.2) is 0 Å². The van der Waals surface area contributed by atoms with Crippen molar-refractivity contribution in [2.75, 3.05) is 26.2 Å². The van der Waals surface area contributed by atoms with Crippen molar-refractivity contribution in [3.05, 3.63) is 28.2 Å². The number of H-pyrrole nitrogens is 1. The molecular weight excluding hydrogens is 373 g/mol. The van der Waals surface area contributed by atoms with Crippen LogP contribution in [0.1, 0.15) is 17.3 Å². The molecule has 2 aliphatic heterocycles. The Bertz CT molecular complexity index is 809. The van der Waals surface area contributed by atoms with Crippen LogP contribution in [0.15, 0.2) is 17.1 Å². The number of hydrogen-bond donors (Lipinski definition) is 2. The smallest absolute Gasteiger partial charge is 0.373 e. The number of fused-ring (bicyclic) bond motifs is 1. The summed E-state index contributed by atoms with van der Waals surface area (Å²) in [5.41, 5.74) is -4.43. The lowest BCUT2D eigenvalue weighted by molar-refractivity contribution is -0.253. The summed E-state index contributed by atoms with van der Waals surface area (Å²) in [5.74, 6) is -2.14. The monoisotopic (exact) mass is 390 g/mol. The zero-order chi connectivity index (χ0) is 20.0. The van der Waals surface area contributed by atoms with Crippen LogP contribution in [0.2, 0.25) is 0 Å². The average molecular weight is 390 g/mol. The molecule has 9 nitrogen and oxygen atoms in total. The molecule has 0 saturated carbocycles. The summed E-state index contributed by atoms with van der Waals surface area (Å²) < 4.78 is 44.5. The predicted octanol–water partition coefficient (Wildman–Crippen LogP) is -0.865. The molecule has 2 fully saturated rings. The van der Waals surface area contributed by atoms with Crippen molar-refractivity contribution in [3.8, 4) is 0 Å². The quantitative estimate of drug-likeness (QED) is 0.679. The SMILES string of the molecule is CC(O)(C(=O)N1CCO[C@@H]2CN(C(=O)c3ccn[nH]c3=O)C[C@H]21)C(F)(F)F. The maximum absolute atomic E-state index is 13.0. The Kier molecular flexibility index (Phi) is 4.72. The number of hydrogen-bond acceptors (Lipinski definition) is 6. The van der Waals surface area contributed by atoms with Gasteiger partial charge < -0.3 is 19.6 Å². The molecule has 2 N–H and O–H groups in total. The summed E-state index contributed by atoms with van der Waals surface area (Å²) >= 11 is 0. The molecule has 1 unspecified atom stereocenters. The van der Waals surface area contributed by atoms with Crippen LogP contribution in [0.5, 0.6) is 0 Å². The second-order valence-electron chi connectivity index (χ2n) is 6.55. The maximum atomic E-state index is 13.0. The van der Waals surface area contributed by atoms with Crippen molar-refractivity contribution in [1.82, 2.24) is 20.0 Å². The first kappa shape index (κ1) is 19.3. The molecule has 0 aliphatic carbocycles. The lowest BCUT2D eigenvalue weighted by Gasteiger charge is -2.40. The maximum Gasteiger partial charge on any atom is 0.426 e. The van der Waals surface area contributed by atoms with Gasteiger partial charge in [-0.25, -0.2) is 5.10 Å². The second kappa shape index (κ2) is 6.60. The molecule has 27 heavy (non-hydrogen) atoms. The van der Waals surface area contributed by atoms with E-state index in [9.17, 15) is 32.7 Å². The van der Waals surface area contributed by atoms with Crippen LogP contribution in [0.3, 0.4) is 0 Å². The molecule has 12 heteroatoms. The van der Waals surface area contributed by atoms with E-state index in [4.69, 9.17) is 4.74 Å². The largest absolute Gasteiger partial charge is 0.426 e. The van der Waals surface area contributed by atoms with Crippen LogP contribution in [-0.2, 0) is 9.53 Å². The Balaban J connectivity index is 1.81. The summed E-state index contributed by atoms with van der Waals surface area (Å²) in [5, 5.41) is 15.3. The predicted molar refractivity (Wildman–Crippen MR) is 82.7 cm³/mol. The van der Waals surface area contributed by atoms with Crippen molar-refractivity contribution in [2.45, 2.75) is 30.8 Å². The third kappa shape index (κ3) is 3.30. The Morgan fingerprint density at radius 2 is 2.07 bits per heavy atom. The molecule has 2 saturated heterocycles. The number of likely N-dealkylation sites (tertiary alicyclic amines) is 1. The number of aromatic amines is 1. The lowest BCUT2D eigenvalue weighted by atomic mass is 10.0. The van der Waals surface area contributed by atoms with E-state index in [0.717, 1.165) is 4.90 Å². The summed E-state index contributed by atoms with van der Waals surface area (Å²) in [4.78, 5) is 38.7. The van der Waals surface area contributed by atoms with E-state index in [1.165, 1.54) is 17.2 Å². The lowest BCUT2D eigenvalue weighted by Crippen LogP contribution is -2.62. The van der Waals surface area contributed by atoms with Gasteiger partial charge in [0.05, 0.1) is 18.8 Å². The number of morpholine rings is 1. The Morgan fingerprint density at radius 3 is 2.70 bits per heavy atom. The van der Waals surface area contributed by atoms with Crippen molar-refractivity contribution < 1.29 is 32.6 Å². The number of halogens is 3. The van der Waals surface area contributed by atoms with E-state index in [1.54, 1.807) is 0 Å². The van der Waals surface area contributed by atoms with Gasteiger partial charge in [-0.05, 0) is 13.0 Å². The fourth-order valence-electron chi connectivity index (χ4n) is 3.19. The molecule has 1 aromatic heterocycles. The highest BCUT2D eigenvalue weighted by Gasteiger charge is 2.59. The Hall–Kier alpha value is -2.47. The number of carbonyl (C=O) groups excluding carboxylic acids is 2. The summed E-state index contributed by atoms with van der Waals surface area (Å²) in [7, 11) is 0. The minimum atomic E-state index is -5.14. The van der Waals surface area contributed by atoms with E-state index in [-0.39, 0.29) is 31.8 Å². The standard InChI is InChI=1S/C15H17F3N4O5/c1-14(26,15(16,17)18)13(25)22-4-5-27-10-7-21(6-9(10)22)12(24)8-2-3-19-20-11(8)23/h2-3,9-10,26H,4-7H2,1H3,(H,20,23)/t9-,10-,14?/m1/s1. The van der Waals surface area contributed by atoms with E-state index in [0.29, 0.717) is 6.92 Å². The zero-order valence-corrected chi connectivity index (χ0v) is 14.2. The van der Waals surface area contributed by atoms with Gasteiger partial charge >= 0.3 is 6.18 Å². The van der Waals surface area contributed by atoms with Gasteiger partial charge in [-0.1, -0.05) is 0 Å². The molecular formula is C15H17F3N4O5. The molecule has 3 atom stereocenters. The van der Waals surface area contributed by atoms with Gasteiger partial charge in [-0.3, -0.25) is 14.4 Å². The molecule has 0 radical (unpaired) electrons. The highest BCUT2D eigenvalue weighted by molar-refractivity contribution is 5.94. The van der Waals surface area contributed by atoms with Crippen molar-refractivity contribution in [1.29, 1.82) is 0 Å². The van der Waals surface area contributed by atoms with Crippen LogP contribution >= 0.6 is 0 Å². The number of amides is 2.